The number of hydrogen-bond acceptors (Lipinski definition) is 3. The van der Waals surface area contributed by atoms with Crippen molar-refractivity contribution in [2.24, 2.45) is 0 Å². The first-order valence-corrected chi connectivity index (χ1v) is 5.81. The van der Waals surface area contributed by atoms with Crippen LogP contribution < -0.4 is 5.32 Å². The minimum absolute atomic E-state index is 0.488. The van der Waals surface area contributed by atoms with E-state index in [0.717, 1.165) is 37.4 Å². The quantitative estimate of drug-likeness (QED) is 0.486. The Hall–Kier alpha value is -1.27. The molecule has 1 rings (SSSR count). The Morgan fingerprint density at radius 3 is 2.94 bits per heavy atom. The van der Waals surface area contributed by atoms with Gasteiger partial charge in [0.2, 0.25) is 0 Å². The summed E-state index contributed by atoms with van der Waals surface area (Å²) in [6, 6.07) is 1.74. The number of rotatable bonds is 5. The minimum atomic E-state index is 0.488. The molecule has 0 aliphatic rings. The molecule has 4 heteroatoms. The Balaban J connectivity index is 2.60. The first-order valence-electron chi connectivity index (χ1n) is 5.43. The van der Waals surface area contributed by atoms with E-state index in [2.05, 4.69) is 34.0 Å². The van der Waals surface area contributed by atoms with Crippen LogP contribution in [-0.2, 0) is 6.42 Å². The van der Waals surface area contributed by atoms with Gasteiger partial charge in [0.1, 0.15) is 16.8 Å². The lowest BCUT2D eigenvalue weighted by Gasteiger charge is -2.05. The maximum Gasteiger partial charge on any atom is 0.134 e. The summed E-state index contributed by atoms with van der Waals surface area (Å²) in [4.78, 5) is 8.52. The van der Waals surface area contributed by atoms with E-state index < -0.39 is 0 Å². The molecule has 0 aliphatic carbocycles. The number of nitrogens with one attached hydrogen (secondary N) is 1. The van der Waals surface area contributed by atoms with Gasteiger partial charge in [0.25, 0.3) is 0 Å². The van der Waals surface area contributed by atoms with Crippen LogP contribution >= 0.6 is 11.6 Å². The average molecular weight is 238 g/mol. The first-order chi connectivity index (χ1) is 7.76. The molecule has 1 N–H and O–H groups in total. The van der Waals surface area contributed by atoms with Crippen LogP contribution in [0.4, 0.5) is 5.82 Å². The van der Waals surface area contributed by atoms with E-state index in [9.17, 15) is 0 Å². The van der Waals surface area contributed by atoms with Crippen LogP contribution in [-0.4, -0.2) is 16.5 Å². The van der Waals surface area contributed by atoms with Gasteiger partial charge < -0.3 is 5.32 Å². The second-order valence-corrected chi connectivity index (χ2v) is 3.73. The van der Waals surface area contributed by atoms with E-state index in [4.69, 9.17) is 11.6 Å². The Morgan fingerprint density at radius 2 is 2.25 bits per heavy atom. The van der Waals surface area contributed by atoms with Crippen molar-refractivity contribution >= 4 is 17.4 Å². The fraction of sp³-hybridized carbons (Fsp3) is 0.500. The van der Waals surface area contributed by atoms with E-state index in [0.29, 0.717) is 5.15 Å². The van der Waals surface area contributed by atoms with E-state index in [-0.39, 0.29) is 0 Å². The summed E-state index contributed by atoms with van der Waals surface area (Å²) < 4.78 is 0. The van der Waals surface area contributed by atoms with Crippen molar-refractivity contribution in [3.63, 3.8) is 0 Å². The second-order valence-electron chi connectivity index (χ2n) is 3.35. The SMILES string of the molecule is CC#CCCNc1cc(Cl)nc(CCC)n1. The average Bonchev–Trinajstić information content (AvgIpc) is 2.24. The maximum absolute atomic E-state index is 5.91. The molecule has 0 saturated carbocycles. The summed E-state index contributed by atoms with van der Waals surface area (Å²) in [5.41, 5.74) is 0. The van der Waals surface area contributed by atoms with Crippen molar-refractivity contribution in [1.82, 2.24) is 9.97 Å². The molecule has 86 valence electrons. The van der Waals surface area contributed by atoms with Crippen molar-refractivity contribution in [2.75, 3.05) is 11.9 Å². The normalized spacial score (nSPS) is 9.44. The summed E-state index contributed by atoms with van der Waals surface area (Å²) >= 11 is 5.91. The zero-order valence-electron chi connectivity index (χ0n) is 9.68. The number of halogens is 1. The van der Waals surface area contributed by atoms with Crippen LogP contribution in [0.2, 0.25) is 5.15 Å². The zero-order valence-corrected chi connectivity index (χ0v) is 10.4. The Morgan fingerprint density at radius 1 is 1.44 bits per heavy atom. The second kappa shape index (κ2) is 7.08. The van der Waals surface area contributed by atoms with E-state index in [1.54, 1.807) is 6.07 Å². The van der Waals surface area contributed by atoms with Crippen molar-refractivity contribution in [3.05, 3.63) is 17.0 Å². The fourth-order valence-corrected chi connectivity index (χ4v) is 1.47. The molecule has 0 spiro atoms. The van der Waals surface area contributed by atoms with Gasteiger partial charge in [-0.25, -0.2) is 9.97 Å². The van der Waals surface area contributed by atoms with Crippen LogP contribution in [0.1, 0.15) is 32.5 Å². The number of aromatic nitrogens is 2. The van der Waals surface area contributed by atoms with Crippen LogP contribution in [0.3, 0.4) is 0 Å². The standard InChI is InChI=1S/C12H16ClN3/c1-3-5-6-8-14-12-9-10(13)15-11(16-12)7-4-2/h9H,4,6-8H2,1-2H3,(H,14,15,16). The van der Waals surface area contributed by atoms with Crippen LogP contribution in [0.25, 0.3) is 0 Å². The van der Waals surface area contributed by atoms with Gasteiger partial charge in [-0.3, -0.25) is 0 Å². The molecule has 0 aliphatic heterocycles. The van der Waals surface area contributed by atoms with Crippen LogP contribution in [0, 0.1) is 11.8 Å². The Bertz CT molecular complexity index is 393. The van der Waals surface area contributed by atoms with E-state index >= 15 is 0 Å². The summed E-state index contributed by atoms with van der Waals surface area (Å²) in [5, 5.41) is 3.67. The van der Waals surface area contributed by atoms with Gasteiger partial charge in [-0.1, -0.05) is 18.5 Å². The highest BCUT2D eigenvalue weighted by molar-refractivity contribution is 6.29. The molecular weight excluding hydrogens is 222 g/mol. The molecule has 0 aromatic carbocycles. The van der Waals surface area contributed by atoms with Gasteiger partial charge in [0.15, 0.2) is 0 Å². The molecule has 0 atom stereocenters. The number of hydrogen-bond donors (Lipinski definition) is 1. The highest BCUT2D eigenvalue weighted by Gasteiger charge is 2.01. The third-order valence-corrected chi connectivity index (χ3v) is 2.14. The summed E-state index contributed by atoms with van der Waals surface area (Å²) in [6.07, 6.45) is 2.67. The largest absolute Gasteiger partial charge is 0.369 e. The third kappa shape index (κ3) is 4.50. The van der Waals surface area contributed by atoms with Crippen molar-refractivity contribution in [3.8, 4) is 11.8 Å². The van der Waals surface area contributed by atoms with Gasteiger partial charge in [-0.2, -0.15) is 0 Å². The number of nitrogens with zero attached hydrogens (tertiary/aromatic N) is 2. The molecule has 0 fully saturated rings. The summed E-state index contributed by atoms with van der Waals surface area (Å²) in [7, 11) is 0. The Kier molecular flexibility index (Phi) is 5.66. The van der Waals surface area contributed by atoms with Crippen LogP contribution in [0.5, 0.6) is 0 Å². The molecule has 16 heavy (non-hydrogen) atoms. The molecule has 0 unspecified atom stereocenters. The van der Waals surface area contributed by atoms with Gasteiger partial charge in [-0.05, 0) is 13.3 Å². The van der Waals surface area contributed by atoms with E-state index in [1.807, 2.05) is 6.92 Å². The monoisotopic (exact) mass is 237 g/mol. The van der Waals surface area contributed by atoms with Crippen molar-refractivity contribution in [1.29, 1.82) is 0 Å². The molecular formula is C12H16ClN3. The predicted molar refractivity (Wildman–Crippen MR) is 67.6 cm³/mol. The lowest BCUT2D eigenvalue weighted by molar-refractivity contribution is 0.834. The molecule has 0 saturated heterocycles. The van der Waals surface area contributed by atoms with E-state index in [1.165, 1.54) is 0 Å². The van der Waals surface area contributed by atoms with Gasteiger partial charge >= 0.3 is 0 Å². The lowest BCUT2D eigenvalue weighted by atomic mass is 10.3. The van der Waals surface area contributed by atoms with Gasteiger partial charge in [-0.15, -0.1) is 11.8 Å². The first kappa shape index (κ1) is 12.8. The lowest BCUT2D eigenvalue weighted by Crippen LogP contribution is -2.05. The zero-order chi connectivity index (χ0) is 11.8. The Labute approximate surface area is 102 Å². The minimum Gasteiger partial charge on any atom is -0.369 e. The molecule has 3 nitrogen and oxygen atoms in total. The number of anilines is 1. The molecule has 0 radical (unpaired) electrons. The molecule has 0 bridgehead atoms. The van der Waals surface area contributed by atoms with Crippen molar-refractivity contribution in [2.45, 2.75) is 33.1 Å². The smallest absolute Gasteiger partial charge is 0.134 e. The summed E-state index contributed by atoms with van der Waals surface area (Å²) in [6.45, 7) is 4.70. The molecule has 1 heterocycles. The molecule has 0 amide bonds. The molecule has 1 aromatic heterocycles. The van der Waals surface area contributed by atoms with Crippen LogP contribution in [0.15, 0.2) is 6.07 Å². The van der Waals surface area contributed by atoms with Gasteiger partial charge in [0, 0.05) is 25.5 Å². The van der Waals surface area contributed by atoms with Gasteiger partial charge in [0.05, 0.1) is 0 Å². The third-order valence-electron chi connectivity index (χ3n) is 1.95. The highest BCUT2D eigenvalue weighted by Crippen LogP contribution is 2.12. The summed E-state index contributed by atoms with van der Waals surface area (Å²) in [5.74, 6) is 7.40. The van der Waals surface area contributed by atoms with Crippen molar-refractivity contribution < 1.29 is 0 Å². The topological polar surface area (TPSA) is 37.8 Å². The highest BCUT2D eigenvalue weighted by atomic mass is 35.5. The fourth-order valence-electron chi connectivity index (χ4n) is 1.27. The number of aryl methyl sites for hydroxylation is 1. The molecule has 1 aromatic rings. The maximum atomic E-state index is 5.91. The predicted octanol–water partition coefficient (Wildman–Crippen LogP) is 2.91.